The highest BCUT2D eigenvalue weighted by Gasteiger charge is 2.43. The van der Waals surface area contributed by atoms with Gasteiger partial charge in [-0.15, -0.1) is 0 Å². The summed E-state index contributed by atoms with van der Waals surface area (Å²) in [6.07, 6.45) is 0. The van der Waals surface area contributed by atoms with Crippen molar-refractivity contribution < 1.29 is 13.3 Å². The molecule has 5 nitrogen and oxygen atoms in total. The molecule has 2 atom stereocenters. The highest BCUT2D eigenvalue weighted by atomic mass is 32.2. The van der Waals surface area contributed by atoms with E-state index in [1.54, 1.807) is 12.1 Å². The number of benzene rings is 2. The molecule has 0 unspecified atom stereocenters. The molecular formula is C22H30N2O3S. The zero-order valence-electron chi connectivity index (χ0n) is 17.3. The number of hydroxylamine groups is 2. The van der Waals surface area contributed by atoms with Crippen LogP contribution in [-0.4, -0.2) is 32.4 Å². The largest absolute Gasteiger partial charge is 0.297 e. The number of sulfonamides is 1. The van der Waals surface area contributed by atoms with Gasteiger partial charge in [-0.2, -0.15) is 5.06 Å². The molecule has 1 aliphatic heterocycles. The lowest BCUT2D eigenvalue weighted by atomic mass is 9.86. The standard InChI is InChI=1S/C22H30N2O3S/c1-16-7-6-8-17(13-16)14-23-28(25,26)20-15-27-24(5)21(20)18-9-11-19(12-10-18)22(2,3)4/h6-13,20-21,23H,14-15H2,1-5H3/t20-,21+/m0/s1. The van der Waals surface area contributed by atoms with Crippen LogP contribution in [0, 0.1) is 6.92 Å². The molecule has 0 aliphatic carbocycles. The normalized spacial score (nSPS) is 21.2. The van der Waals surface area contributed by atoms with Crippen molar-refractivity contribution in [3.05, 3.63) is 70.8 Å². The van der Waals surface area contributed by atoms with E-state index < -0.39 is 15.3 Å². The third kappa shape index (κ3) is 4.63. The van der Waals surface area contributed by atoms with Crippen molar-refractivity contribution in [2.45, 2.75) is 50.9 Å². The molecule has 152 valence electrons. The maximum absolute atomic E-state index is 13.0. The first kappa shape index (κ1) is 21.0. The van der Waals surface area contributed by atoms with E-state index in [4.69, 9.17) is 4.84 Å². The van der Waals surface area contributed by atoms with Crippen molar-refractivity contribution in [2.24, 2.45) is 0 Å². The third-order valence-electron chi connectivity index (χ3n) is 5.26. The van der Waals surface area contributed by atoms with Crippen molar-refractivity contribution in [2.75, 3.05) is 13.7 Å². The smallest absolute Gasteiger partial charge is 0.219 e. The van der Waals surface area contributed by atoms with Gasteiger partial charge in [-0.25, -0.2) is 13.1 Å². The summed E-state index contributed by atoms with van der Waals surface area (Å²) in [6, 6.07) is 15.7. The molecule has 0 aromatic heterocycles. The van der Waals surface area contributed by atoms with Crippen LogP contribution in [0.5, 0.6) is 0 Å². The van der Waals surface area contributed by atoms with E-state index in [1.165, 1.54) is 5.56 Å². The molecule has 0 spiro atoms. The lowest BCUT2D eigenvalue weighted by Gasteiger charge is -2.25. The predicted octanol–water partition coefficient (Wildman–Crippen LogP) is 3.70. The molecule has 28 heavy (non-hydrogen) atoms. The minimum absolute atomic E-state index is 0.0530. The van der Waals surface area contributed by atoms with Gasteiger partial charge in [0.15, 0.2) is 0 Å². The van der Waals surface area contributed by atoms with Crippen LogP contribution in [0.1, 0.15) is 49.1 Å². The summed E-state index contributed by atoms with van der Waals surface area (Å²) in [6.45, 7) is 8.90. The lowest BCUT2D eigenvalue weighted by Crippen LogP contribution is -2.39. The second kappa shape index (κ2) is 7.95. The van der Waals surface area contributed by atoms with Crippen LogP contribution < -0.4 is 4.72 Å². The van der Waals surface area contributed by atoms with Crippen LogP contribution in [0.25, 0.3) is 0 Å². The summed E-state index contributed by atoms with van der Waals surface area (Å²) in [5, 5.41) is 0.991. The minimum Gasteiger partial charge on any atom is -0.297 e. The molecule has 1 heterocycles. The quantitative estimate of drug-likeness (QED) is 0.829. The van der Waals surface area contributed by atoms with Gasteiger partial charge in [0.1, 0.15) is 5.25 Å². The molecule has 0 bridgehead atoms. The average molecular weight is 403 g/mol. The molecular weight excluding hydrogens is 372 g/mol. The van der Waals surface area contributed by atoms with E-state index in [9.17, 15) is 8.42 Å². The molecule has 6 heteroatoms. The van der Waals surface area contributed by atoms with Crippen LogP contribution >= 0.6 is 0 Å². The van der Waals surface area contributed by atoms with Gasteiger partial charge in [0.2, 0.25) is 10.0 Å². The van der Waals surface area contributed by atoms with Crippen LogP contribution in [0.4, 0.5) is 0 Å². The van der Waals surface area contributed by atoms with Gasteiger partial charge in [0.05, 0.1) is 12.6 Å². The van der Waals surface area contributed by atoms with E-state index in [0.29, 0.717) is 0 Å². The molecule has 1 fully saturated rings. The van der Waals surface area contributed by atoms with Crippen molar-refractivity contribution in [3.8, 4) is 0 Å². The van der Waals surface area contributed by atoms with Gasteiger partial charge >= 0.3 is 0 Å². The zero-order valence-corrected chi connectivity index (χ0v) is 18.1. The summed E-state index contributed by atoms with van der Waals surface area (Å²) in [5.74, 6) is 0. The molecule has 1 aliphatic rings. The fourth-order valence-corrected chi connectivity index (χ4v) is 5.06. The number of hydrogen-bond acceptors (Lipinski definition) is 4. The fraction of sp³-hybridized carbons (Fsp3) is 0.455. The molecule has 2 aromatic carbocycles. The monoisotopic (exact) mass is 402 g/mol. The Morgan fingerprint density at radius 2 is 1.82 bits per heavy atom. The first-order valence-electron chi connectivity index (χ1n) is 9.58. The Hall–Kier alpha value is -1.73. The third-order valence-corrected chi connectivity index (χ3v) is 7.00. The summed E-state index contributed by atoms with van der Waals surface area (Å²) in [4.78, 5) is 5.60. The Bertz CT molecular complexity index is 918. The average Bonchev–Trinajstić information content (AvgIpc) is 3.02. The number of aryl methyl sites for hydroxylation is 1. The highest BCUT2D eigenvalue weighted by Crippen LogP contribution is 2.34. The molecule has 1 saturated heterocycles. The van der Waals surface area contributed by atoms with Crippen LogP contribution in [-0.2, 0) is 26.8 Å². The van der Waals surface area contributed by atoms with Gasteiger partial charge in [0, 0.05) is 13.6 Å². The zero-order chi connectivity index (χ0) is 20.5. The summed E-state index contributed by atoms with van der Waals surface area (Å²) < 4.78 is 28.8. The maximum atomic E-state index is 13.0. The Morgan fingerprint density at radius 3 is 2.43 bits per heavy atom. The Labute approximate surface area is 168 Å². The van der Waals surface area contributed by atoms with E-state index in [-0.39, 0.29) is 24.6 Å². The van der Waals surface area contributed by atoms with Crippen LogP contribution in [0.2, 0.25) is 0 Å². The fourth-order valence-electron chi connectivity index (χ4n) is 3.57. The van der Waals surface area contributed by atoms with Crippen molar-refractivity contribution in [1.82, 2.24) is 9.79 Å². The van der Waals surface area contributed by atoms with Crippen molar-refractivity contribution in [3.63, 3.8) is 0 Å². The second-order valence-electron chi connectivity index (χ2n) is 8.55. The van der Waals surface area contributed by atoms with Crippen molar-refractivity contribution in [1.29, 1.82) is 0 Å². The van der Waals surface area contributed by atoms with Gasteiger partial charge in [-0.1, -0.05) is 74.9 Å². The Kier molecular flexibility index (Phi) is 5.96. The van der Waals surface area contributed by atoms with Gasteiger partial charge < -0.3 is 0 Å². The summed E-state index contributed by atoms with van der Waals surface area (Å²) in [5.41, 5.74) is 4.27. The molecule has 0 saturated carbocycles. The van der Waals surface area contributed by atoms with Crippen molar-refractivity contribution >= 4 is 10.0 Å². The van der Waals surface area contributed by atoms with Gasteiger partial charge in [-0.05, 0) is 29.0 Å². The number of hydrogen-bond donors (Lipinski definition) is 1. The molecule has 2 aromatic rings. The van der Waals surface area contributed by atoms with E-state index in [1.807, 2.05) is 43.3 Å². The first-order valence-corrected chi connectivity index (χ1v) is 11.1. The molecule has 0 amide bonds. The Morgan fingerprint density at radius 1 is 1.14 bits per heavy atom. The summed E-state index contributed by atoms with van der Waals surface area (Å²) in [7, 11) is -1.77. The Balaban J connectivity index is 1.79. The van der Waals surface area contributed by atoms with Gasteiger partial charge in [-0.3, -0.25) is 4.84 Å². The van der Waals surface area contributed by atoms with E-state index in [0.717, 1.165) is 16.7 Å². The molecule has 0 radical (unpaired) electrons. The molecule has 3 rings (SSSR count). The SMILES string of the molecule is Cc1cccc(CNS(=O)(=O)[C@H]2CON(C)[C@@H]2c2ccc(C(C)(C)C)cc2)c1. The molecule has 1 N–H and O–H groups in total. The topological polar surface area (TPSA) is 58.6 Å². The maximum Gasteiger partial charge on any atom is 0.219 e. The van der Waals surface area contributed by atoms with Crippen LogP contribution in [0.3, 0.4) is 0 Å². The number of nitrogens with zero attached hydrogens (tertiary/aromatic N) is 1. The number of nitrogens with one attached hydrogen (secondary N) is 1. The second-order valence-corrected chi connectivity index (χ2v) is 10.5. The minimum atomic E-state index is -3.56. The summed E-state index contributed by atoms with van der Waals surface area (Å²) >= 11 is 0. The first-order chi connectivity index (χ1) is 13.1. The highest BCUT2D eigenvalue weighted by molar-refractivity contribution is 7.90. The van der Waals surface area contributed by atoms with E-state index in [2.05, 4.69) is 37.6 Å². The lowest BCUT2D eigenvalue weighted by molar-refractivity contribution is -0.110. The van der Waals surface area contributed by atoms with Crippen LogP contribution in [0.15, 0.2) is 48.5 Å². The van der Waals surface area contributed by atoms with E-state index >= 15 is 0 Å². The predicted molar refractivity (Wildman–Crippen MR) is 112 cm³/mol. The number of rotatable bonds is 5. The van der Waals surface area contributed by atoms with Gasteiger partial charge in [0.25, 0.3) is 0 Å².